The minimum absolute atomic E-state index is 0.119. The molecule has 19 heavy (non-hydrogen) atoms. The number of benzene rings is 1. The van der Waals surface area contributed by atoms with Gasteiger partial charge in [0.1, 0.15) is 5.75 Å². The van der Waals surface area contributed by atoms with Gasteiger partial charge in [-0.15, -0.1) is 0 Å². The van der Waals surface area contributed by atoms with Crippen LogP contribution in [0.5, 0.6) is 5.75 Å². The van der Waals surface area contributed by atoms with E-state index in [4.69, 9.17) is 10.5 Å². The van der Waals surface area contributed by atoms with Crippen molar-refractivity contribution in [3.63, 3.8) is 0 Å². The van der Waals surface area contributed by atoms with E-state index in [1.807, 2.05) is 13.8 Å². The van der Waals surface area contributed by atoms with E-state index >= 15 is 0 Å². The summed E-state index contributed by atoms with van der Waals surface area (Å²) in [5.74, 6) is -0.122. The Labute approximate surface area is 111 Å². The number of imide groups is 1. The number of methoxy groups -OCH3 is 1. The Kier molecular flexibility index (Phi) is 2.21. The molecule has 1 aromatic rings. The number of ether oxygens (including phenoxy) is 1. The van der Waals surface area contributed by atoms with Crippen LogP contribution in [0.2, 0.25) is 0 Å². The molecule has 2 aliphatic rings. The van der Waals surface area contributed by atoms with E-state index in [0.717, 1.165) is 0 Å². The van der Waals surface area contributed by atoms with Gasteiger partial charge in [0, 0.05) is 6.07 Å². The number of fused-ring (bicyclic) bond motifs is 1. The monoisotopic (exact) mass is 260 g/mol. The molecule has 2 amide bonds. The maximum atomic E-state index is 12.3. The quantitative estimate of drug-likeness (QED) is 0.644. The van der Waals surface area contributed by atoms with Crippen molar-refractivity contribution in [2.75, 3.05) is 17.7 Å². The van der Waals surface area contributed by atoms with E-state index in [9.17, 15) is 9.59 Å². The summed E-state index contributed by atoms with van der Waals surface area (Å²) >= 11 is 0. The van der Waals surface area contributed by atoms with Crippen LogP contribution < -0.4 is 15.4 Å². The van der Waals surface area contributed by atoms with Crippen molar-refractivity contribution in [2.45, 2.75) is 13.8 Å². The van der Waals surface area contributed by atoms with Gasteiger partial charge in [0.05, 0.1) is 30.3 Å². The number of carbonyl (C=O) groups is 2. The smallest absolute Gasteiger partial charge is 0.238 e. The lowest BCUT2D eigenvalue weighted by atomic mass is 10.1. The molecule has 1 saturated heterocycles. The van der Waals surface area contributed by atoms with Crippen molar-refractivity contribution in [2.24, 2.45) is 17.3 Å². The van der Waals surface area contributed by atoms with Crippen LogP contribution in [0.3, 0.4) is 0 Å². The Hall–Kier alpha value is -2.04. The Morgan fingerprint density at radius 1 is 1.21 bits per heavy atom. The summed E-state index contributed by atoms with van der Waals surface area (Å²) in [6.07, 6.45) is 0. The third-order valence-electron chi connectivity index (χ3n) is 4.28. The van der Waals surface area contributed by atoms with Crippen LogP contribution in [0.4, 0.5) is 11.4 Å². The van der Waals surface area contributed by atoms with E-state index in [1.165, 1.54) is 12.0 Å². The molecule has 2 fully saturated rings. The van der Waals surface area contributed by atoms with Crippen LogP contribution in [0.15, 0.2) is 18.2 Å². The summed E-state index contributed by atoms with van der Waals surface area (Å²) in [7, 11) is 1.50. The van der Waals surface area contributed by atoms with Gasteiger partial charge < -0.3 is 10.5 Å². The van der Waals surface area contributed by atoms with E-state index in [0.29, 0.717) is 17.1 Å². The zero-order valence-electron chi connectivity index (χ0n) is 11.1. The maximum Gasteiger partial charge on any atom is 0.238 e. The largest absolute Gasteiger partial charge is 0.495 e. The van der Waals surface area contributed by atoms with Gasteiger partial charge in [0.2, 0.25) is 11.8 Å². The van der Waals surface area contributed by atoms with Crippen molar-refractivity contribution in [1.82, 2.24) is 0 Å². The fourth-order valence-electron chi connectivity index (χ4n) is 3.04. The van der Waals surface area contributed by atoms with Gasteiger partial charge in [-0.2, -0.15) is 0 Å². The summed E-state index contributed by atoms with van der Waals surface area (Å²) in [6.45, 7) is 3.91. The third-order valence-corrected chi connectivity index (χ3v) is 4.28. The van der Waals surface area contributed by atoms with Crippen molar-refractivity contribution in [3.8, 4) is 5.75 Å². The first-order valence-electron chi connectivity index (χ1n) is 6.21. The highest BCUT2D eigenvalue weighted by Gasteiger charge is 2.72. The zero-order valence-corrected chi connectivity index (χ0v) is 11.1. The Morgan fingerprint density at radius 2 is 1.79 bits per heavy atom. The van der Waals surface area contributed by atoms with Gasteiger partial charge in [-0.3, -0.25) is 9.59 Å². The predicted molar refractivity (Wildman–Crippen MR) is 70.7 cm³/mol. The maximum absolute atomic E-state index is 12.3. The molecule has 3 rings (SSSR count). The fourth-order valence-corrected chi connectivity index (χ4v) is 3.04. The van der Waals surface area contributed by atoms with Gasteiger partial charge in [-0.05, 0) is 17.5 Å². The SMILES string of the molecule is COc1cc(N2C(=O)C3C(C2=O)C3(C)C)ccc1N. The van der Waals surface area contributed by atoms with Crippen LogP contribution in [-0.4, -0.2) is 18.9 Å². The first-order chi connectivity index (χ1) is 8.89. The number of anilines is 2. The molecule has 5 nitrogen and oxygen atoms in total. The number of nitrogens with zero attached hydrogens (tertiary/aromatic N) is 1. The number of amides is 2. The highest BCUT2D eigenvalue weighted by atomic mass is 16.5. The second-order valence-corrected chi connectivity index (χ2v) is 5.71. The normalized spacial score (nSPS) is 27.4. The number of hydrogen-bond donors (Lipinski definition) is 1. The van der Waals surface area contributed by atoms with E-state index in [2.05, 4.69) is 0 Å². The summed E-state index contributed by atoms with van der Waals surface area (Å²) < 4.78 is 5.12. The molecule has 1 aliphatic heterocycles. The predicted octanol–water partition coefficient (Wildman–Crippen LogP) is 1.42. The number of hydrogen-bond acceptors (Lipinski definition) is 4. The van der Waals surface area contributed by atoms with Gasteiger partial charge in [0.15, 0.2) is 0 Å². The fraction of sp³-hybridized carbons (Fsp3) is 0.429. The first kappa shape index (κ1) is 12.0. The minimum Gasteiger partial charge on any atom is -0.495 e. The highest BCUT2D eigenvalue weighted by molar-refractivity contribution is 6.25. The van der Waals surface area contributed by atoms with Crippen molar-refractivity contribution in [1.29, 1.82) is 0 Å². The molecule has 5 heteroatoms. The highest BCUT2D eigenvalue weighted by Crippen LogP contribution is 2.63. The first-order valence-corrected chi connectivity index (χ1v) is 6.21. The summed E-state index contributed by atoms with van der Waals surface area (Å²) in [4.78, 5) is 25.8. The number of rotatable bonds is 2. The van der Waals surface area contributed by atoms with Gasteiger partial charge in [-0.25, -0.2) is 4.90 Å². The Morgan fingerprint density at radius 3 is 2.32 bits per heavy atom. The second-order valence-electron chi connectivity index (χ2n) is 5.71. The average Bonchev–Trinajstić information content (AvgIpc) is 2.81. The molecule has 0 radical (unpaired) electrons. The minimum atomic E-state index is -0.192. The zero-order chi connectivity index (χ0) is 13.9. The van der Waals surface area contributed by atoms with Crippen molar-refractivity contribution >= 4 is 23.2 Å². The van der Waals surface area contributed by atoms with E-state index < -0.39 is 0 Å². The Balaban J connectivity index is 1.97. The molecule has 0 spiro atoms. The number of carbonyl (C=O) groups excluding carboxylic acids is 2. The molecule has 1 heterocycles. The molecule has 1 aromatic carbocycles. The topological polar surface area (TPSA) is 72.6 Å². The van der Waals surface area contributed by atoms with Gasteiger partial charge >= 0.3 is 0 Å². The molecular formula is C14H16N2O3. The lowest BCUT2D eigenvalue weighted by Gasteiger charge is -2.21. The second kappa shape index (κ2) is 3.50. The van der Waals surface area contributed by atoms with Crippen LogP contribution in [0, 0.1) is 17.3 Å². The lowest BCUT2D eigenvalue weighted by Crippen LogP contribution is -2.36. The van der Waals surface area contributed by atoms with Crippen LogP contribution in [0.1, 0.15) is 13.8 Å². The van der Waals surface area contributed by atoms with Gasteiger partial charge in [0.25, 0.3) is 0 Å². The molecule has 2 atom stereocenters. The molecule has 0 bridgehead atoms. The molecule has 100 valence electrons. The molecule has 1 saturated carbocycles. The average molecular weight is 260 g/mol. The van der Waals surface area contributed by atoms with E-state index in [1.54, 1.807) is 18.2 Å². The molecule has 1 aliphatic carbocycles. The molecule has 2 N–H and O–H groups in total. The summed E-state index contributed by atoms with van der Waals surface area (Å²) in [5, 5.41) is 0. The summed E-state index contributed by atoms with van der Waals surface area (Å²) in [6, 6.07) is 4.94. The number of nitrogen functional groups attached to an aromatic ring is 1. The summed E-state index contributed by atoms with van der Waals surface area (Å²) in [5.41, 5.74) is 6.56. The van der Waals surface area contributed by atoms with Crippen LogP contribution in [0.25, 0.3) is 0 Å². The standard InChI is InChI=1S/C14H16N2O3/c1-14(2)10-11(14)13(18)16(12(10)17)7-4-5-8(15)9(6-7)19-3/h4-6,10-11H,15H2,1-3H3. The molecule has 0 aromatic heterocycles. The van der Waals surface area contributed by atoms with Crippen molar-refractivity contribution < 1.29 is 14.3 Å². The number of nitrogens with two attached hydrogens (primary N) is 1. The lowest BCUT2D eigenvalue weighted by molar-refractivity contribution is -0.125. The Bertz CT molecular complexity index is 570. The van der Waals surface area contributed by atoms with E-state index in [-0.39, 0.29) is 29.1 Å². The van der Waals surface area contributed by atoms with Gasteiger partial charge in [-0.1, -0.05) is 13.8 Å². The van der Waals surface area contributed by atoms with Crippen LogP contribution >= 0.6 is 0 Å². The molecule has 2 unspecified atom stereocenters. The third kappa shape index (κ3) is 1.41. The molecular weight excluding hydrogens is 244 g/mol. The van der Waals surface area contributed by atoms with Crippen molar-refractivity contribution in [3.05, 3.63) is 18.2 Å². The van der Waals surface area contributed by atoms with Crippen LogP contribution in [-0.2, 0) is 9.59 Å². The number of piperidine rings is 1.